The Balaban J connectivity index is 2.64. The predicted octanol–water partition coefficient (Wildman–Crippen LogP) is 0.679. The number of amides is 1. The Morgan fingerprint density at radius 1 is 1.70 bits per heavy atom. The highest BCUT2D eigenvalue weighted by Crippen LogP contribution is 2.10. The van der Waals surface area contributed by atoms with Crippen molar-refractivity contribution in [2.45, 2.75) is 19.9 Å². The summed E-state index contributed by atoms with van der Waals surface area (Å²) in [5.41, 5.74) is 0. The summed E-state index contributed by atoms with van der Waals surface area (Å²) in [5, 5.41) is 8.92. The lowest BCUT2D eigenvalue weighted by Gasteiger charge is -2.19. The molecule has 0 aromatic heterocycles. The van der Waals surface area contributed by atoms with Crippen molar-refractivity contribution in [1.82, 2.24) is 4.90 Å². The number of rotatable bonds is 1. The first-order valence-electron chi connectivity index (χ1n) is 3.31. The average Bonchev–Trinajstić information content (AvgIpc) is 2.10. The SMILES string of the molecule is CC(C)N1CC(O)=CC1=O. The minimum atomic E-state index is -0.0903. The van der Waals surface area contributed by atoms with Gasteiger partial charge in [-0.2, -0.15) is 0 Å². The van der Waals surface area contributed by atoms with E-state index < -0.39 is 0 Å². The van der Waals surface area contributed by atoms with Gasteiger partial charge in [-0.3, -0.25) is 4.79 Å². The number of hydrogen-bond acceptors (Lipinski definition) is 2. The third-order valence-corrected chi connectivity index (χ3v) is 1.53. The van der Waals surface area contributed by atoms with E-state index in [1.807, 2.05) is 13.8 Å². The van der Waals surface area contributed by atoms with Crippen LogP contribution in [-0.2, 0) is 4.79 Å². The van der Waals surface area contributed by atoms with Gasteiger partial charge in [0, 0.05) is 12.1 Å². The van der Waals surface area contributed by atoms with Crippen molar-refractivity contribution in [3.05, 3.63) is 11.8 Å². The molecule has 0 fully saturated rings. The monoisotopic (exact) mass is 141 g/mol. The molecule has 0 aliphatic carbocycles. The van der Waals surface area contributed by atoms with E-state index in [0.717, 1.165) is 0 Å². The zero-order valence-electron chi connectivity index (χ0n) is 6.16. The Morgan fingerprint density at radius 3 is 2.50 bits per heavy atom. The molecule has 1 N–H and O–H groups in total. The van der Waals surface area contributed by atoms with E-state index in [-0.39, 0.29) is 17.7 Å². The van der Waals surface area contributed by atoms with Gasteiger partial charge >= 0.3 is 0 Å². The first kappa shape index (κ1) is 7.12. The van der Waals surface area contributed by atoms with Crippen molar-refractivity contribution >= 4 is 5.91 Å². The van der Waals surface area contributed by atoms with Gasteiger partial charge < -0.3 is 10.0 Å². The highest BCUT2D eigenvalue weighted by atomic mass is 16.3. The van der Waals surface area contributed by atoms with Gasteiger partial charge in [0.1, 0.15) is 5.76 Å². The summed E-state index contributed by atoms with van der Waals surface area (Å²) in [4.78, 5) is 12.5. The lowest BCUT2D eigenvalue weighted by Crippen LogP contribution is -2.32. The standard InChI is InChI=1S/C7H11NO2/c1-5(2)8-4-6(9)3-7(8)10/h3,5,9H,4H2,1-2H3. The van der Waals surface area contributed by atoms with E-state index >= 15 is 0 Å². The largest absolute Gasteiger partial charge is 0.510 e. The van der Waals surface area contributed by atoms with Crippen LogP contribution in [0.4, 0.5) is 0 Å². The molecule has 1 heterocycles. The lowest BCUT2D eigenvalue weighted by atomic mass is 10.3. The maximum atomic E-state index is 10.9. The van der Waals surface area contributed by atoms with Crippen molar-refractivity contribution < 1.29 is 9.90 Å². The van der Waals surface area contributed by atoms with E-state index in [2.05, 4.69) is 0 Å². The van der Waals surface area contributed by atoms with Crippen LogP contribution in [0.25, 0.3) is 0 Å². The van der Waals surface area contributed by atoms with Crippen molar-refractivity contribution in [3.8, 4) is 0 Å². The highest BCUT2D eigenvalue weighted by Gasteiger charge is 2.22. The summed E-state index contributed by atoms with van der Waals surface area (Å²) < 4.78 is 0. The third kappa shape index (κ3) is 1.12. The van der Waals surface area contributed by atoms with E-state index in [1.165, 1.54) is 6.08 Å². The summed E-state index contributed by atoms with van der Waals surface area (Å²) in [6.45, 7) is 4.21. The number of carbonyl (C=O) groups excluding carboxylic acids is 1. The molecule has 0 aromatic rings. The van der Waals surface area contributed by atoms with Crippen LogP contribution in [-0.4, -0.2) is 28.5 Å². The molecule has 3 nitrogen and oxygen atoms in total. The number of carbonyl (C=O) groups is 1. The maximum absolute atomic E-state index is 10.9. The molecule has 1 amide bonds. The first-order valence-corrected chi connectivity index (χ1v) is 3.31. The quantitative estimate of drug-likeness (QED) is 0.583. The van der Waals surface area contributed by atoms with E-state index in [1.54, 1.807) is 4.90 Å². The Kier molecular flexibility index (Phi) is 1.66. The van der Waals surface area contributed by atoms with Crippen LogP contribution in [0.5, 0.6) is 0 Å². The topological polar surface area (TPSA) is 40.5 Å². The summed E-state index contributed by atoms with van der Waals surface area (Å²) in [6.07, 6.45) is 1.26. The molecule has 0 atom stereocenters. The van der Waals surface area contributed by atoms with Gasteiger partial charge in [0.25, 0.3) is 5.91 Å². The summed E-state index contributed by atoms with van der Waals surface area (Å²) in [6, 6.07) is 0.174. The molecule has 3 heteroatoms. The minimum Gasteiger partial charge on any atom is -0.510 e. The van der Waals surface area contributed by atoms with Crippen LogP contribution in [0.15, 0.2) is 11.8 Å². The van der Waals surface area contributed by atoms with Gasteiger partial charge in [0.2, 0.25) is 0 Å². The second kappa shape index (κ2) is 2.33. The number of nitrogens with zero attached hydrogens (tertiary/aromatic N) is 1. The second-order valence-electron chi connectivity index (χ2n) is 2.70. The van der Waals surface area contributed by atoms with Crippen LogP contribution in [0, 0.1) is 0 Å². The zero-order valence-corrected chi connectivity index (χ0v) is 6.16. The van der Waals surface area contributed by atoms with Crippen molar-refractivity contribution in [1.29, 1.82) is 0 Å². The molecule has 0 radical (unpaired) electrons. The van der Waals surface area contributed by atoms with Crippen LogP contribution in [0.3, 0.4) is 0 Å². The van der Waals surface area contributed by atoms with E-state index in [9.17, 15) is 4.79 Å². The first-order chi connectivity index (χ1) is 4.61. The van der Waals surface area contributed by atoms with Gasteiger partial charge in [-0.15, -0.1) is 0 Å². The Bertz CT molecular complexity index is 184. The Hall–Kier alpha value is -0.990. The van der Waals surface area contributed by atoms with Gasteiger partial charge in [-0.05, 0) is 13.8 Å². The molecule has 0 saturated carbocycles. The minimum absolute atomic E-state index is 0.0903. The summed E-state index contributed by atoms with van der Waals surface area (Å²) in [7, 11) is 0. The summed E-state index contributed by atoms with van der Waals surface area (Å²) in [5.74, 6) is 0.0752. The smallest absolute Gasteiger partial charge is 0.250 e. The predicted molar refractivity (Wildman–Crippen MR) is 37.6 cm³/mol. The van der Waals surface area contributed by atoms with Crippen LogP contribution in [0.2, 0.25) is 0 Å². The van der Waals surface area contributed by atoms with E-state index in [0.29, 0.717) is 6.54 Å². The Labute approximate surface area is 59.9 Å². The van der Waals surface area contributed by atoms with Gasteiger partial charge in [0.05, 0.1) is 6.54 Å². The number of aliphatic hydroxyl groups excluding tert-OH is 1. The second-order valence-corrected chi connectivity index (χ2v) is 2.70. The van der Waals surface area contributed by atoms with Crippen molar-refractivity contribution in [2.24, 2.45) is 0 Å². The van der Waals surface area contributed by atoms with Crippen molar-refractivity contribution in [3.63, 3.8) is 0 Å². The number of aliphatic hydroxyl groups is 1. The zero-order chi connectivity index (χ0) is 7.72. The van der Waals surface area contributed by atoms with E-state index in [4.69, 9.17) is 5.11 Å². The van der Waals surface area contributed by atoms with Gasteiger partial charge in [-0.25, -0.2) is 0 Å². The molecular weight excluding hydrogens is 130 g/mol. The third-order valence-electron chi connectivity index (χ3n) is 1.53. The van der Waals surface area contributed by atoms with Gasteiger partial charge in [-0.1, -0.05) is 0 Å². The molecule has 0 spiro atoms. The normalized spacial score (nSPS) is 18.5. The van der Waals surface area contributed by atoms with Crippen LogP contribution in [0.1, 0.15) is 13.8 Å². The van der Waals surface area contributed by atoms with Crippen LogP contribution < -0.4 is 0 Å². The lowest BCUT2D eigenvalue weighted by molar-refractivity contribution is -0.125. The molecule has 0 aromatic carbocycles. The fraction of sp³-hybridized carbons (Fsp3) is 0.571. The molecule has 1 rings (SSSR count). The van der Waals surface area contributed by atoms with Crippen molar-refractivity contribution in [2.75, 3.05) is 6.54 Å². The molecule has 56 valence electrons. The molecule has 0 unspecified atom stereocenters. The Morgan fingerprint density at radius 2 is 2.30 bits per heavy atom. The molecular formula is C7H11NO2. The fourth-order valence-corrected chi connectivity index (χ4v) is 0.961. The van der Waals surface area contributed by atoms with Gasteiger partial charge in [0.15, 0.2) is 0 Å². The molecule has 1 aliphatic heterocycles. The molecule has 0 saturated heterocycles. The number of hydrogen-bond donors (Lipinski definition) is 1. The average molecular weight is 141 g/mol. The molecule has 1 aliphatic rings. The fourth-order valence-electron chi connectivity index (χ4n) is 0.961. The molecule has 10 heavy (non-hydrogen) atoms. The summed E-state index contributed by atoms with van der Waals surface area (Å²) >= 11 is 0. The maximum Gasteiger partial charge on any atom is 0.250 e. The van der Waals surface area contributed by atoms with Crippen LogP contribution >= 0.6 is 0 Å². The highest BCUT2D eigenvalue weighted by molar-refractivity contribution is 5.90. The molecule has 0 bridgehead atoms.